The zero-order valence-corrected chi connectivity index (χ0v) is 17.6. The Bertz CT molecular complexity index is 881. The molecule has 2 aromatic rings. The molecule has 0 bridgehead atoms. The predicted molar refractivity (Wildman–Crippen MR) is 106 cm³/mol. The van der Waals surface area contributed by atoms with Gasteiger partial charge in [-0.3, -0.25) is 9.36 Å². The molecule has 3 aliphatic carbocycles. The highest BCUT2D eigenvalue weighted by Crippen LogP contribution is 2.52. The molecule has 3 aliphatic rings. The summed E-state index contributed by atoms with van der Waals surface area (Å²) < 4.78 is 1.98. The molecule has 2 fully saturated rings. The SMILES string of the molecule is O=C(O)C1(Sc2nnc(Br)n2-c2sc(C3CC3)c3c2CCC3)CCCC1. The third kappa shape index (κ3) is 2.67. The van der Waals surface area contributed by atoms with Gasteiger partial charge in [-0.05, 0) is 77.9 Å². The van der Waals surface area contributed by atoms with Gasteiger partial charge in [-0.15, -0.1) is 21.5 Å². The van der Waals surface area contributed by atoms with Gasteiger partial charge >= 0.3 is 5.97 Å². The molecule has 0 aliphatic heterocycles. The van der Waals surface area contributed by atoms with Crippen molar-refractivity contribution in [1.82, 2.24) is 14.8 Å². The van der Waals surface area contributed by atoms with Crippen molar-refractivity contribution in [2.24, 2.45) is 0 Å². The van der Waals surface area contributed by atoms with Crippen LogP contribution in [0.1, 0.15) is 66.9 Å². The second-order valence-corrected chi connectivity index (χ2v) is 10.6. The van der Waals surface area contributed by atoms with Gasteiger partial charge < -0.3 is 5.11 Å². The van der Waals surface area contributed by atoms with Crippen molar-refractivity contribution in [1.29, 1.82) is 0 Å². The molecule has 5 rings (SSSR count). The van der Waals surface area contributed by atoms with Gasteiger partial charge in [-0.25, -0.2) is 0 Å². The molecule has 0 unspecified atom stereocenters. The lowest BCUT2D eigenvalue weighted by molar-refractivity contribution is -0.139. The normalized spacial score (nSPS) is 21.3. The Morgan fingerprint density at radius 3 is 2.62 bits per heavy atom. The van der Waals surface area contributed by atoms with E-state index in [0.717, 1.165) is 25.2 Å². The summed E-state index contributed by atoms with van der Waals surface area (Å²) in [6, 6.07) is 0. The van der Waals surface area contributed by atoms with E-state index in [2.05, 4.69) is 30.7 Å². The van der Waals surface area contributed by atoms with E-state index in [-0.39, 0.29) is 0 Å². The van der Waals surface area contributed by atoms with Gasteiger partial charge in [0.1, 0.15) is 9.75 Å². The number of carboxylic acids is 1. The van der Waals surface area contributed by atoms with Crippen LogP contribution >= 0.6 is 39.0 Å². The first-order valence-corrected chi connectivity index (χ1v) is 11.7. The second kappa shape index (κ2) is 6.34. The molecule has 0 radical (unpaired) electrons. The van der Waals surface area contributed by atoms with Gasteiger partial charge in [0.15, 0.2) is 5.16 Å². The van der Waals surface area contributed by atoms with Crippen molar-refractivity contribution in [3.63, 3.8) is 0 Å². The van der Waals surface area contributed by atoms with Crippen LogP contribution in [-0.4, -0.2) is 30.6 Å². The molecule has 8 heteroatoms. The van der Waals surface area contributed by atoms with Crippen LogP contribution in [-0.2, 0) is 17.6 Å². The molecule has 26 heavy (non-hydrogen) atoms. The maximum atomic E-state index is 12.0. The first-order valence-electron chi connectivity index (χ1n) is 9.27. The molecule has 2 aromatic heterocycles. The third-order valence-corrected chi connectivity index (χ3v) is 9.17. The standard InChI is InChI=1S/C18H20BrN3O2S2/c19-16-20-21-17(26-18(15(23)24)8-1-2-9-18)22(16)14-12-5-3-4-11(12)13(25-14)10-6-7-10/h10H,1-9H2,(H,23,24). The van der Waals surface area contributed by atoms with E-state index < -0.39 is 10.7 Å². The van der Waals surface area contributed by atoms with Gasteiger partial charge in [0.2, 0.25) is 4.73 Å². The molecular weight excluding hydrogens is 434 g/mol. The highest BCUT2D eigenvalue weighted by Gasteiger charge is 2.44. The number of carboxylic acid groups (broad SMARTS) is 1. The summed E-state index contributed by atoms with van der Waals surface area (Å²) in [6.07, 6.45) is 9.45. The number of thiophene rings is 1. The van der Waals surface area contributed by atoms with E-state index in [1.54, 1.807) is 10.4 Å². The van der Waals surface area contributed by atoms with Gasteiger partial charge in [0.05, 0.1) is 0 Å². The molecule has 0 amide bonds. The number of nitrogens with zero attached hydrogens (tertiary/aromatic N) is 3. The van der Waals surface area contributed by atoms with Crippen LogP contribution in [0.5, 0.6) is 0 Å². The van der Waals surface area contributed by atoms with E-state index in [1.807, 2.05) is 11.3 Å². The van der Waals surface area contributed by atoms with Gasteiger partial charge in [0.25, 0.3) is 0 Å². The van der Waals surface area contributed by atoms with Crippen molar-refractivity contribution < 1.29 is 9.90 Å². The number of hydrogen-bond donors (Lipinski definition) is 1. The molecule has 2 heterocycles. The Kier molecular flexibility index (Phi) is 4.21. The quantitative estimate of drug-likeness (QED) is 0.693. The monoisotopic (exact) mass is 453 g/mol. The zero-order chi connectivity index (χ0) is 17.9. The fourth-order valence-corrected chi connectivity index (χ4v) is 7.87. The molecule has 0 spiro atoms. The lowest BCUT2D eigenvalue weighted by Crippen LogP contribution is -2.31. The van der Waals surface area contributed by atoms with Crippen LogP contribution in [0.15, 0.2) is 9.89 Å². The second-order valence-electron chi connectivity index (χ2n) is 7.55. The number of hydrogen-bond acceptors (Lipinski definition) is 5. The van der Waals surface area contributed by atoms with Crippen molar-refractivity contribution in [3.05, 3.63) is 20.7 Å². The van der Waals surface area contributed by atoms with Gasteiger partial charge in [0, 0.05) is 4.88 Å². The first-order chi connectivity index (χ1) is 12.6. The zero-order valence-electron chi connectivity index (χ0n) is 14.3. The largest absolute Gasteiger partial charge is 0.480 e. The number of aliphatic carboxylic acids is 1. The van der Waals surface area contributed by atoms with E-state index in [4.69, 9.17) is 0 Å². The van der Waals surface area contributed by atoms with Crippen LogP contribution < -0.4 is 0 Å². The first kappa shape index (κ1) is 17.3. The number of aromatic nitrogens is 3. The topological polar surface area (TPSA) is 68.0 Å². The van der Waals surface area contributed by atoms with Crippen molar-refractivity contribution in [3.8, 4) is 5.00 Å². The van der Waals surface area contributed by atoms with E-state index in [1.165, 1.54) is 48.0 Å². The summed E-state index contributed by atoms with van der Waals surface area (Å²) >= 11 is 6.83. The minimum absolute atomic E-state index is 0.678. The van der Waals surface area contributed by atoms with Gasteiger partial charge in [-0.2, -0.15) is 0 Å². The highest BCUT2D eigenvalue weighted by molar-refractivity contribution is 9.10. The predicted octanol–water partition coefficient (Wildman–Crippen LogP) is 4.95. The maximum Gasteiger partial charge on any atom is 0.320 e. The van der Waals surface area contributed by atoms with E-state index in [9.17, 15) is 9.90 Å². The lowest BCUT2D eigenvalue weighted by Gasteiger charge is -2.22. The van der Waals surface area contributed by atoms with E-state index in [0.29, 0.717) is 22.7 Å². The molecule has 0 saturated heterocycles. The summed E-state index contributed by atoms with van der Waals surface area (Å²) in [4.78, 5) is 13.5. The summed E-state index contributed by atoms with van der Waals surface area (Å²) in [5.74, 6) is 0.0212. The van der Waals surface area contributed by atoms with Crippen LogP contribution in [0, 0.1) is 0 Å². The summed E-state index contributed by atoms with van der Waals surface area (Å²) in [5, 5.41) is 20.4. The molecule has 1 N–H and O–H groups in total. The fraction of sp³-hybridized carbons (Fsp3) is 0.611. The highest BCUT2D eigenvalue weighted by atomic mass is 79.9. The minimum atomic E-state index is -0.760. The summed E-state index contributed by atoms with van der Waals surface area (Å²) in [5.41, 5.74) is 2.99. The Morgan fingerprint density at radius 1 is 1.19 bits per heavy atom. The third-order valence-electron chi connectivity index (χ3n) is 5.81. The number of thioether (sulfide) groups is 1. The fourth-order valence-electron chi connectivity index (χ4n) is 4.30. The Labute approximate surface area is 168 Å². The smallest absolute Gasteiger partial charge is 0.320 e. The number of fused-ring (bicyclic) bond motifs is 1. The molecule has 0 aromatic carbocycles. The van der Waals surface area contributed by atoms with Crippen molar-refractivity contribution in [2.75, 3.05) is 0 Å². The summed E-state index contributed by atoms with van der Waals surface area (Å²) in [7, 11) is 0. The summed E-state index contributed by atoms with van der Waals surface area (Å²) in [6.45, 7) is 0. The van der Waals surface area contributed by atoms with E-state index >= 15 is 0 Å². The Hall–Kier alpha value is -0.860. The minimum Gasteiger partial charge on any atom is -0.480 e. The van der Waals surface area contributed by atoms with Gasteiger partial charge in [-0.1, -0.05) is 24.6 Å². The number of rotatable bonds is 5. The lowest BCUT2D eigenvalue weighted by atomic mass is 10.1. The van der Waals surface area contributed by atoms with Crippen molar-refractivity contribution >= 4 is 45.0 Å². The number of halogens is 1. The Morgan fingerprint density at radius 2 is 1.92 bits per heavy atom. The average molecular weight is 454 g/mol. The average Bonchev–Trinajstić information content (AvgIpc) is 2.99. The molecule has 2 saturated carbocycles. The molecule has 138 valence electrons. The molecule has 0 atom stereocenters. The van der Waals surface area contributed by atoms with Crippen LogP contribution in [0.3, 0.4) is 0 Å². The van der Waals surface area contributed by atoms with Crippen molar-refractivity contribution in [2.45, 2.75) is 73.6 Å². The molecule has 5 nitrogen and oxygen atoms in total. The molecular formula is C18H20BrN3O2S2. The van der Waals surface area contributed by atoms with Crippen LogP contribution in [0.25, 0.3) is 5.00 Å². The van der Waals surface area contributed by atoms with Crippen LogP contribution in [0.2, 0.25) is 0 Å². The Balaban J connectivity index is 1.58. The maximum absolute atomic E-state index is 12.0. The van der Waals surface area contributed by atoms with Crippen LogP contribution in [0.4, 0.5) is 0 Å². The number of carbonyl (C=O) groups is 1.